The van der Waals surface area contributed by atoms with Crippen molar-refractivity contribution in [2.45, 2.75) is 25.4 Å². The van der Waals surface area contributed by atoms with Crippen LogP contribution < -0.4 is 15.4 Å². The molecule has 1 aromatic heterocycles. The minimum absolute atomic E-state index is 0.102. The van der Waals surface area contributed by atoms with E-state index in [1.54, 1.807) is 19.5 Å². The number of hydrogen-bond acceptors (Lipinski definition) is 5. The van der Waals surface area contributed by atoms with Crippen LogP contribution in [0.3, 0.4) is 0 Å². The summed E-state index contributed by atoms with van der Waals surface area (Å²) in [4.78, 5) is 30.9. The minimum atomic E-state index is -0.472. The summed E-state index contributed by atoms with van der Waals surface area (Å²) in [5.41, 5.74) is 2.07. The smallest absolute Gasteiger partial charge is 0.237 e. The van der Waals surface area contributed by atoms with E-state index < -0.39 is 6.04 Å². The Hall–Kier alpha value is -2.93. The highest BCUT2D eigenvalue weighted by Crippen LogP contribution is 2.17. The summed E-state index contributed by atoms with van der Waals surface area (Å²) in [6.45, 7) is 2.39. The number of carbonyl (C=O) groups is 2. The van der Waals surface area contributed by atoms with Gasteiger partial charge in [0.05, 0.1) is 19.6 Å². The highest BCUT2D eigenvalue weighted by atomic mass is 16.5. The number of para-hydroxylation sites is 1. The van der Waals surface area contributed by atoms with Crippen molar-refractivity contribution >= 4 is 11.8 Å². The molecule has 0 aliphatic carbocycles. The molecule has 1 aliphatic rings. The standard InChI is InChI=1S/C21H26N4O3/c1-28-19-7-3-2-6-17(19)8-10-23-20(26)13-18-21(27)24-11-12-25(18)15-16-5-4-9-22-14-16/h2-7,9,14,18H,8,10-13,15H2,1H3,(H,23,26)(H,24,27). The topological polar surface area (TPSA) is 83.6 Å². The maximum Gasteiger partial charge on any atom is 0.237 e. The van der Waals surface area contributed by atoms with Gasteiger partial charge in [0.15, 0.2) is 0 Å². The maximum absolute atomic E-state index is 12.4. The number of aromatic nitrogens is 1. The number of ether oxygens (including phenoxy) is 1. The fourth-order valence-electron chi connectivity index (χ4n) is 3.39. The average molecular weight is 382 g/mol. The first-order chi connectivity index (χ1) is 13.7. The number of nitrogens with zero attached hydrogens (tertiary/aromatic N) is 2. The Balaban J connectivity index is 1.53. The number of benzene rings is 1. The lowest BCUT2D eigenvalue weighted by Crippen LogP contribution is -2.56. The minimum Gasteiger partial charge on any atom is -0.496 e. The molecule has 2 N–H and O–H groups in total. The largest absolute Gasteiger partial charge is 0.496 e. The molecule has 1 aliphatic heterocycles. The van der Waals surface area contributed by atoms with Crippen molar-refractivity contribution in [1.29, 1.82) is 0 Å². The summed E-state index contributed by atoms with van der Waals surface area (Å²) < 4.78 is 5.33. The van der Waals surface area contributed by atoms with Gasteiger partial charge in [0.2, 0.25) is 11.8 Å². The number of rotatable bonds is 8. The van der Waals surface area contributed by atoms with Crippen LogP contribution in [0.1, 0.15) is 17.5 Å². The molecule has 1 fully saturated rings. The number of amides is 2. The zero-order valence-electron chi connectivity index (χ0n) is 16.1. The van der Waals surface area contributed by atoms with Gasteiger partial charge in [-0.25, -0.2) is 0 Å². The first kappa shape index (κ1) is 19.8. The zero-order valence-corrected chi connectivity index (χ0v) is 16.1. The van der Waals surface area contributed by atoms with E-state index in [9.17, 15) is 9.59 Å². The van der Waals surface area contributed by atoms with Crippen molar-refractivity contribution in [3.63, 3.8) is 0 Å². The Morgan fingerprint density at radius 3 is 2.96 bits per heavy atom. The Labute approximate surface area is 165 Å². The van der Waals surface area contributed by atoms with Crippen LogP contribution in [0.4, 0.5) is 0 Å². The lowest BCUT2D eigenvalue weighted by molar-refractivity contribution is -0.134. The third-order valence-corrected chi connectivity index (χ3v) is 4.84. The summed E-state index contributed by atoms with van der Waals surface area (Å²) in [7, 11) is 1.63. The van der Waals surface area contributed by atoms with Gasteiger partial charge in [0.25, 0.3) is 0 Å². The van der Waals surface area contributed by atoms with Crippen LogP contribution in [0.5, 0.6) is 5.75 Å². The normalized spacial score (nSPS) is 17.0. The van der Waals surface area contributed by atoms with Crippen LogP contribution in [0.15, 0.2) is 48.8 Å². The van der Waals surface area contributed by atoms with Crippen molar-refractivity contribution in [3.8, 4) is 5.75 Å². The van der Waals surface area contributed by atoms with Gasteiger partial charge in [-0.2, -0.15) is 0 Å². The number of piperazine rings is 1. The van der Waals surface area contributed by atoms with Crippen molar-refractivity contribution < 1.29 is 14.3 Å². The van der Waals surface area contributed by atoms with Crippen LogP contribution in [0.25, 0.3) is 0 Å². The Kier molecular flexibility index (Phi) is 6.97. The molecule has 2 amide bonds. The molecule has 0 bridgehead atoms. The van der Waals surface area contributed by atoms with E-state index in [4.69, 9.17) is 4.74 Å². The lowest BCUT2D eigenvalue weighted by Gasteiger charge is -2.34. The predicted octanol–water partition coefficient (Wildman–Crippen LogP) is 1.14. The fourth-order valence-corrected chi connectivity index (χ4v) is 3.39. The quantitative estimate of drug-likeness (QED) is 0.715. The number of carbonyl (C=O) groups excluding carboxylic acids is 2. The molecule has 1 saturated heterocycles. The van der Waals surface area contributed by atoms with Crippen molar-refractivity contribution in [2.24, 2.45) is 0 Å². The molecule has 28 heavy (non-hydrogen) atoms. The molecule has 0 radical (unpaired) electrons. The van der Waals surface area contributed by atoms with Crippen LogP contribution in [-0.4, -0.2) is 54.5 Å². The van der Waals surface area contributed by atoms with E-state index in [-0.39, 0.29) is 18.2 Å². The van der Waals surface area contributed by atoms with Gasteiger partial charge in [0, 0.05) is 38.6 Å². The van der Waals surface area contributed by atoms with Crippen LogP contribution in [0, 0.1) is 0 Å². The molecule has 7 nitrogen and oxygen atoms in total. The van der Waals surface area contributed by atoms with Gasteiger partial charge in [-0.15, -0.1) is 0 Å². The third-order valence-electron chi connectivity index (χ3n) is 4.84. The molecule has 3 rings (SSSR count). The molecule has 7 heteroatoms. The molecule has 0 saturated carbocycles. The van der Waals surface area contributed by atoms with E-state index in [1.165, 1.54) is 0 Å². The molecule has 148 valence electrons. The summed E-state index contributed by atoms with van der Waals surface area (Å²) in [6, 6.07) is 11.1. The summed E-state index contributed by atoms with van der Waals surface area (Å²) >= 11 is 0. The van der Waals surface area contributed by atoms with E-state index in [0.717, 1.165) is 16.9 Å². The zero-order chi connectivity index (χ0) is 19.8. The van der Waals surface area contributed by atoms with Crippen molar-refractivity contribution in [2.75, 3.05) is 26.7 Å². The highest BCUT2D eigenvalue weighted by Gasteiger charge is 2.31. The summed E-state index contributed by atoms with van der Waals surface area (Å²) in [5, 5.41) is 5.78. The molecule has 1 unspecified atom stereocenters. The van der Waals surface area contributed by atoms with Gasteiger partial charge in [-0.3, -0.25) is 19.5 Å². The maximum atomic E-state index is 12.4. The number of pyridine rings is 1. The summed E-state index contributed by atoms with van der Waals surface area (Å²) in [5.74, 6) is 0.578. The second kappa shape index (κ2) is 9.85. The van der Waals surface area contributed by atoms with Crippen molar-refractivity contribution in [3.05, 3.63) is 59.9 Å². The molecular formula is C21H26N4O3. The average Bonchev–Trinajstić information content (AvgIpc) is 2.72. The van der Waals surface area contributed by atoms with E-state index in [2.05, 4.69) is 15.6 Å². The molecular weight excluding hydrogens is 356 g/mol. The second-order valence-electron chi connectivity index (χ2n) is 6.75. The van der Waals surface area contributed by atoms with Gasteiger partial charge in [-0.05, 0) is 29.7 Å². The van der Waals surface area contributed by atoms with Gasteiger partial charge < -0.3 is 15.4 Å². The first-order valence-corrected chi connectivity index (χ1v) is 9.46. The number of methoxy groups -OCH3 is 1. The second-order valence-corrected chi connectivity index (χ2v) is 6.75. The Morgan fingerprint density at radius 2 is 2.18 bits per heavy atom. The molecule has 0 spiro atoms. The van der Waals surface area contributed by atoms with Gasteiger partial charge in [-0.1, -0.05) is 24.3 Å². The number of hydrogen-bond donors (Lipinski definition) is 2. The Morgan fingerprint density at radius 1 is 1.32 bits per heavy atom. The van der Waals surface area contributed by atoms with Crippen LogP contribution in [-0.2, 0) is 22.6 Å². The van der Waals surface area contributed by atoms with E-state index in [1.807, 2.05) is 41.3 Å². The van der Waals surface area contributed by atoms with Gasteiger partial charge in [0.1, 0.15) is 5.75 Å². The van der Waals surface area contributed by atoms with Crippen molar-refractivity contribution in [1.82, 2.24) is 20.5 Å². The van der Waals surface area contributed by atoms with Gasteiger partial charge >= 0.3 is 0 Å². The fraction of sp³-hybridized carbons (Fsp3) is 0.381. The molecule has 2 aromatic rings. The number of nitrogens with one attached hydrogen (secondary N) is 2. The SMILES string of the molecule is COc1ccccc1CCNC(=O)CC1C(=O)NCCN1Cc1cccnc1. The van der Waals surface area contributed by atoms with Crippen LogP contribution in [0.2, 0.25) is 0 Å². The molecule has 1 atom stereocenters. The first-order valence-electron chi connectivity index (χ1n) is 9.46. The molecule has 2 heterocycles. The van der Waals surface area contributed by atoms with Crippen LogP contribution >= 0.6 is 0 Å². The lowest BCUT2D eigenvalue weighted by atomic mass is 10.1. The molecule has 1 aromatic carbocycles. The highest BCUT2D eigenvalue weighted by molar-refractivity contribution is 5.88. The predicted molar refractivity (Wildman–Crippen MR) is 106 cm³/mol. The van der Waals surface area contributed by atoms with E-state index in [0.29, 0.717) is 32.6 Å². The Bertz CT molecular complexity index is 797. The third kappa shape index (κ3) is 5.29. The monoisotopic (exact) mass is 382 g/mol. The summed E-state index contributed by atoms with van der Waals surface area (Å²) in [6.07, 6.45) is 4.32. The van der Waals surface area contributed by atoms with E-state index >= 15 is 0 Å².